The third-order valence-corrected chi connectivity index (χ3v) is 4.82. The fourth-order valence-corrected chi connectivity index (χ4v) is 3.42. The lowest BCUT2D eigenvalue weighted by molar-refractivity contribution is 0.166. The summed E-state index contributed by atoms with van der Waals surface area (Å²) in [6, 6.07) is 1.69. The summed E-state index contributed by atoms with van der Waals surface area (Å²) in [5.41, 5.74) is 0. The minimum absolute atomic E-state index is 0.791. The highest BCUT2D eigenvalue weighted by molar-refractivity contribution is 4.87. The summed E-state index contributed by atoms with van der Waals surface area (Å²) in [7, 11) is 2.11. The van der Waals surface area contributed by atoms with Crippen molar-refractivity contribution in [1.29, 1.82) is 0 Å². The summed E-state index contributed by atoms with van der Waals surface area (Å²) in [6.07, 6.45) is 7.02. The highest BCUT2D eigenvalue weighted by Gasteiger charge is 2.31. The number of nitrogens with one attached hydrogen (secondary N) is 1. The maximum Gasteiger partial charge on any atom is 0.00965 e. The Kier molecular flexibility index (Phi) is 4.26. The molecule has 1 atom stereocenters. The molecule has 1 unspecified atom stereocenters. The van der Waals surface area contributed by atoms with Gasteiger partial charge in [-0.2, -0.15) is 0 Å². The summed E-state index contributed by atoms with van der Waals surface area (Å²) in [6.45, 7) is 7.49. The second-order valence-electron chi connectivity index (χ2n) is 6.08. The molecule has 1 saturated heterocycles. The van der Waals surface area contributed by atoms with E-state index in [4.69, 9.17) is 0 Å². The van der Waals surface area contributed by atoms with E-state index in [1.807, 2.05) is 0 Å². The first-order chi connectivity index (χ1) is 7.70. The van der Waals surface area contributed by atoms with Gasteiger partial charge in [0.25, 0.3) is 0 Å². The van der Waals surface area contributed by atoms with Crippen LogP contribution < -0.4 is 5.32 Å². The average Bonchev–Trinajstić information content (AvgIpc) is 2.78. The summed E-state index contributed by atoms with van der Waals surface area (Å²) in [5.74, 6) is 1.83. The third-order valence-electron chi connectivity index (χ3n) is 4.82. The Balaban J connectivity index is 1.78. The molecule has 2 aliphatic rings. The van der Waals surface area contributed by atoms with Gasteiger partial charge < -0.3 is 10.2 Å². The third kappa shape index (κ3) is 2.78. The van der Waals surface area contributed by atoms with Gasteiger partial charge in [0.15, 0.2) is 0 Å². The maximum atomic E-state index is 3.42. The van der Waals surface area contributed by atoms with Gasteiger partial charge in [0.1, 0.15) is 0 Å². The highest BCUT2D eigenvalue weighted by Crippen LogP contribution is 2.30. The molecule has 0 bridgehead atoms. The molecule has 1 aliphatic carbocycles. The van der Waals surface area contributed by atoms with Gasteiger partial charge in [0, 0.05) is 18.6 Å². The van der Waals surface area contributed by atoms with E-state index >= 15 is 0 Å². The fourth-order valence-electron chi connectivity index (χ4n) is 3.42. The van der Waals surface area contributed by atoms with E-state index < -0.39 is 0 Å². The molecular formula is C14H28N2. The zero-order chi connectivity index (χ0) is 11.5. The van der Waals surface area contributed by atoms with Crippen LogP contribution >= 0.6 is 0 Å². The summed E-state index contributed by atoms with van der Waals surface area (Å²) >= 11 is 0. The largest absolute Gasteiger partial charge is 0.317 e. The first-order valence-corrected chi connectivity index (χ1v) is 7.12. The van der Waals surface area contributed by atoms with E-state index in [2.05, 4.69) is 31.1 Å². The van der Waals surface area contributed by atoms with E-state index in [0.29, 0.717) is 0 Å². The molecule has 1 aliphatic heterocycles. The standard InChI is InChI=1S/C14H28N2/c1-11(2)12-8-9-16(10-12)14-6-4-13(15-3)5-7-14/h11-15H,4-10H2,1-3H3. The molecule has 1 saturated carbocycles. The molecule has 94 valence electrons. The van der Waals surface area contributed by atoms with Crippen molar-refractivity contribution >= 4 is 0 Å². The van der Waals surface area contributed by atoms with Crippen LogP contribution in [0.15, 0.2) is 0 Å². The molecule has 1 N–H and O–H groups in total. The van der Waals surface area contributed by atoms with Crippen LogP contribution in [0.25, 0.3) is 0 Å². The zero-order valence-electron chi connectivity index (χ0n) is 11.2. The van der Waals surface area contributed by atoms with Gasteiger partial charge in [-0.1, -0.05) is 13.8 Å². The van der Waals surface area contributed by atoms with Crippen LogP contribution in [-0.2, 0) is 0 Å². The smallest absolute Gasteiger partial charge is 0.00965 e. The molecule has 0 aromatic carbocycles. The Bertz CT molecular complexity index is 207. The molecule has 0 spiro atoms. The van der Waals surface area contributed by atoms with Gasteiger partial charge in [-0.05, 0) is 57.5 Å². The molecule has 0 radical (unpaired) electrons. The van der Waals surface area contributed by atoms with Gasteiger partial charge in [-0.25, -0.2) is 0 Å². The van der Waals surface area contributed by atoms with Crippen LogP contribution in [0.2, 0.25) is 0 Å². The number of hydrogen-bond acceptors (Lipinski definition) is 2. The Hall–Kier alpha value is -0.0800. The number of hydrogen-bond donors (Lipinski definition) is 1. The minimum Gasteiger partial charge on any atom is -0.317 e. The second-order valence-corrected chi connectivity index (χ2v) is 6.08. The van der Waals surface area contributed by atoms with Crippen molar-refractivity contribution in [2.75, 3.05) is 20.1 Å². The average molecular weight is 224 g/mol. The predicted octanol–water partition coefficient (Wildman–Crippen LogP) is 2.49. The van der Waals surface area contributed by atoms with Crippen molar-refractivity contribution in [2.24, 2.45) is 11.8 Å². The van der Waals surface area contributed by atoms with E-state index in [0.717, 1.165) is 23.9 Å². The lowest BCUT2D eigenvalue weighted by Crippen LogP contribution is -2.40. The predicted molar refractivity (Wildman–Crippen MR) is 69.6 cm³/mol. The SMILES string of the molecule is CNC1CCC(N2CCC(C(C)C)C2)CC1. The van der Waals surface area contributed by atoms with Crippen LogP contribution in [0.4, 0.5) is 0 Å². The van der Waals surface area contributed by atoms with Crippen molar-refractivity contribution in [1.82, 2.24) is 10.2 Å². The van der Waals surface area contributed by atoms with Crippen LogP contribution in [0.3, 0.4) is 0 Å². The monoisotopic (exact) mass is 224 g/mol. The number of rotatable bonds is 3. The van der Waals surface area contributed by atoms with Crippen molar-refractivity contribution in [3.05, 3.63) is 0 Å². The van der Waals surface area contributed by atoms with Crippen molar-refractivity contribution in [3.8, 4) is 0 Å². The Morgan fingerprint density at radius 2 is 1.75 bits per heavy atom. The molecule has 0 amide bonds. The molecule has 0 aromatic rings. The molecule has 2 heteroatoms. The van der Waals surface area contributed by atoms with Crippen LogP contribution in [-0.4, -0.2) is 37.1 Å². The summed E-state index contributed by atoms with van der Waals surface area (Å²) in [5, 5.41) is 3.42. The van der Waals surface area contributed by atoms with Crippen LogP contribution in [0.5, 0.6) is 0 Å². The lowest BCUT2D eigenvalue weighted by atomic mass is 9.90. The van der Waals surface area contributed by atoms with Gasteiger partial charge in [-0.15, -0.1) is 0 Å². The quantitative estimate of drug-likeness (QED) is 0.792. The first-order valence-electron chi connectivity index (χ1n) is 7.12. The molecule has 2 rings (SSSR count). The lowest BCUT2D eigenvalue weighted by Gasteiger charge is -2.34. The van der Waals surface area contributed by atoms with E-state index in [1.165, 1.54) is 45.2 Å². The number of nitrogens with zero attached hydrogens (tertiary/aromatic N) is 1. The van der Waals surface area contributed by atoms with Gasteiger partial charge in [0.05, 0.1) is 0 Å². The van der Waals surface area contributed by atoms with Crippen LogP contribution in [0.1, 0.15) is 46.0 Å². The zero-order valence-corrected chi connectivity index (χ0v) is 11.2. The summed E-state index contributed by atoms with van der Waals surface area (Å²) < 4.78 is 0. The second kappa shape index (κ2) is 5.50. The molecule has 16 heavy (non-hydrogen) atoms. The normalized spacial score (nSPS) is 37.1. The van der Waals surface area contributed by atoms with Gasteiger partial charge in [-0.3, -0.25) is 0 Å². The van der Waals surface area contributed by atoms with Gasteiger partial charge >= 0.3 is 0 Å². The summed E-state index contributed by atoms with van der Waals surface area (Å²) in [4.78, 5) is 2.77. The highest BCUT2D eigenvalue weighted by atomic mass is 15.2. The Labute approximate surface area is 101 Å². The van der Waals surface area contributed by atoms with Crippen molar-refractivity contribution < 1.29 is 0 Å². The van der Waals surface area contributed by atoms with Crippen LogP contribution in [0, 0.1) is 11.8 Å². The molecule has 2 fully saturated rings. The van der Waals surface area contributed by atoms with Crippen molar-refractivity contribution in [2.45, 2.75) is 58.0 Å². The van der Waals surface area contributed by atoms with E-state index in [1.54, 1.807) is 0 Å². The van der Waals surface area contributed by atoms with Gasteiger partial charge in [0.2, 0.25) is 0 Å². The van der Waals surface area contributed by atoms with Crippen molar-refractivity contribution in [3.63, 3.8) is 0 Å². The topological polar surface area (TPSA) is 15.3 Å². The fraction of sp³-hybridized carbons (Fsp3) is 1.00. The Morgan fingerprint density at radius 1 is 1.06 bits per heavy atom. The molecular weight excluding hydrogens is 196 g/mol. The molecule has 2 nitrogen and oxygen atoms in total. The molecule has 0 aromatic heterocycles. The number of likely N-dealkylation sites (tertiary alicyclic amines) is 1. The maximum absolute atomic E-state index is 3.42. The van der Waals surface area contributed by atoms with E-state index in [9.17, 15) is 0 Å². The minimum atomic E-state index is 0.791. The first kappa shape index (κ1) is 12.4. The molecule has 1 heterocycles. The Morgan fingerprint density at radius 3 is 2.25 bits per heavy atom. The van der Waals surface area contributed by atoms with E-state index in [-0.39, 0.29) is 0 Å².